The third kappa shape index (κ3) is 2.85. The summed E-state index contributed by atoms with van der Waals surface area (Å²) < 4.78 is 14.4. The molecule has 0 atom stereocenters. The topological polar surface area (TPSA) is 76.9 Å². The zero-order valence-corrected chi connectivity index (χ0v) is 13.3. The Morgan fingerprint density at radius 3 is 2.65 bits per heavy atom. The first-order valence-electron chi connectivity index (χ1n) is 6.84. The Kier molecular flexibility index (Phi) is 3.91. The first kappa shape index (κ1) is 15.3. The van der Waals surface area contributed by atoms with Gasteiger partial charge in [-0.2, -0.15) is 4.98 Å². The molecule has 1 amide bonds. The molecule has 6 nitrogen and oxygen atoms in total. The van der Waals surface area contributed by atoms with Gasteiger partial charge in [-0.05, 0) is 31.2 Å². The highest BCUT2D eigenvalue weighted by Crippen LogP contribution is 2.28. The molecular weight excluding hydrogens is 319 g/mol. The van der Waals surface area contributed by atoms with Crippen molar-refractivity contribution >= 4 is 27.6 Å². The Hall–Kier alpha value is -2.61. The zero-order chi connectivity index (χ0) is 16.6. The molecule has 0 unspecified atom stereocenters. The van der Waals surface area contributed by atoms with Gasteiger partial charge < -0.3 is 5.32 Å². The van der Waals surface area contributed by atoms with Crippen LogP contribution in [0, 0.1) is 12.7 Å². The van der Waals surface area contributed by atoms with E-state index in [-0.39, 0.29) is 18.3 Å². The summed E-state index contributed by atoms with van der Waals surface area (Å²) >= 11 is 1.32. The summed E-state index contributed by atoms with van der Waals surface area (Å²) in [6.45, 7) is 1.69. The van der Waals surface area contributed by atoms with Gasteiger partial charge in [-0.25, -0.2) is 14.2 Å². The van der Waals surface area contributed by atoms with Crippen LogP contribution in [0.4, 0.5) is 4.39 Å². The van der Waals surface area contributed by atoms with Gasteiger partial charge in [-0.15, -0.1) is 11.3 Å². The molecule has 23 heavy (non-hydrogen) atoms. The molecule has 0 aliphatic carbocycles. The Labute approximate surface area is 134 Å². The van der Waals surface area contributed by atoms with Crippen LogP contribution in [0.25, 0.3) is 21.6 Å². The Morgan fingerprint density at radius 1 is 1.30 bits per heavy atom. The van der Waals surface area contributed by atoms with Crippen molar-refractivity contribution in [2.24, 2.45) is 0 Å². The average Bonchev–Trinajstić information content (AvgIpc) is 2.92. The van der Waals surface area contributed by atoms with Gasteiger partial charge in [0.05, 0.1) is 5.01 Å². The largest absolute Gasteiger partial charge is 0.358 e. The number of aryl methyl sites for hydroxylation is 1. The molecule has 8 heteroatoms. The van der Waals surface area contributed by atoms with Crippen LogP contribution in [0.5, 0.6) is 0 Å². The van der Waals surface area contributed by atoms with E-state index in [4.69, 9.17) is 0 Å². The second-order valence-corrected chi connectivity index (χ2v) is 6.08. The quantitative estimate of drug-likeness (QED) is 0.792. The number of rotatable bonds is 3. The van der Waals surface area contributed by atoms with Crippen molar-refractivity contribution in [3.63, 3.8) is 0 Å². The number of carbonyl (C=O) groups is 1. The van der Waals surface area contributed by atoms with E-state index < -0.39 is 5.69 Å². The van der Waals surface area contributed by atoms with Gasteiger partial charge in [-0.1, -0.05) is 0 Å². The van der Waals surface area contributed by atoms with Crippen LogP contribution in [0.2, 0.25) is 0 Å². The summed E-state index contributed by atoms with van der Waals surface area (Å²) in [5.74, 6) is -0.664. The molecule has 0 radical (unpaired) electrons. The minimum absolute atomic E-state index is 0.121. The molecule has 118 valence electrons. The number of aromatic nitrogens is 3. The molecule has 3 aromatic rings. The smallest absolute Gasteiger partial charge is 0.349 e. The number of carbonyl (C=O) groups excluding carboxylic acids is 1. The third-order valence-electron chi connectivity index (χ3n) is 3.32. The minimum atomic E-state index is -0.538. The van der Waals surface area contributed by atoms with Crippen molar-refractivity contribution in [1.82, 2.24) is 19.9 Å². The van der Waals surface area contributed by atoms with Gasteiger partial charge in [0, 0.05) is 12.6 Å². The maximum atomic E-state index is 13.1. The second-order valence-electron chi connectivity index (χ2n) is 4.90. The van der Waals surface area contributed by atoms with E-state index in [2.05, 4.69) is 15.3 Å². The summed E-state index contributed by atoms with van der Waals surface area (Å²) in [7, 11) is 1.50. The number of nitrogens with zero attached hydrogens (tertiary/aromatic N) is 3. The van der Waals surface area contributed by atoms with Crippen LogP contribution in [-0.2, 0) is 11.3 Å². The number of likely N-dealkylation sites (N-methyl/N-ethyl adjacent to an activating group) is 1. The first-order chi connectivity index (χ1) is 11.0. The predicted molar refractivity (Wildman–Crippen MR) is 85.9 cm³/mol. The van der Waals surface area contributed by atoms with Crippen LogP contribution in [0.15, 0.2) is 29.1 Å². The lowest BCUT2D eigenvalue weighted by molar-refractivity contribution is -0.121. The summed E-state index contributed by atoms with van der Waals surface area (Å²) in [6.07, 6.45) is 0. The third-order valence-corrected chi connectivity index (χ3v) is 4.32. The lowest BCUT2D eigenvalue weighted by Crippen LogP contribution is -2.31. The highest BCUT2D eigenvalue weighted by Gasteiger charge is 2.17. The van der Waals surface area contributed by atoms with E-state index >= 15 is 0 Å². The number of hydrogen-bond donors (Lipinski definition) is 1. The molecule has 0 saturated heterocycles. The zero-order valence-electron chi connectivity index (χ0n) is 12.5. The monoisotopic (exact) mass is 332 g/mol. The van der Waals surface area contributed by atoms with Gasteiger partial charge in [0.1, 0.15) is 28.4 Å². The molecule has 1 aromatic carbocycles. The Bertz CT molecular complexity index is 947. The maximum absolute atomic E-state index is 13.1. The second kappa shape index (κ2) is 5.88. The Balaban J connectivity index is 2.25. The molecule has 3 rings (SSSR count). The number of nitrogens with one attached hydrogen (secondary N) is 1. The highest BCUT2D eigenvalue weighted by atomic mass is 32.1. The van der Waals surface area contributed by atoms with E-state index in [9.17, 15) is 14.0 Å². The average molecular weight is 332 g/mol. The number of fused-ring (bicyclic) bond motifs is 1. The van der Waals surface area contributed by atoms with E-state index in [1.54, 1.807) is 12.1 Å². The molecule has 2 aromatic heterocycles. The fourth-order valence-electron chi connectivity index (χ4n) is 2.22. The summed E-state index contributed by atoms with van der Waals surface area (Å²) in [6, 6.07) is 5.71. The fraction of sp³-hybridized carbons (Fsp3) is 0.200. The molecule has 2 heterocycles. The Morgan fingerprint density at radius 2 is 2.00 bits per heavy atom. The number of thiazole rings is 1. The molecule has 0 saturated carbocycles. The van der Waals surface area contributed by atoms with Crippen molar-refractivity contribution in [2.45, 2.75) is 13.5 Å². The van der Waals surface area contributed by atoms with E-state index in [1.807, 2.05) is 6.92 Å². The molecule has 0 spiro atoms. The van der Waals surface area contributed by atoms with Crippen LogP contribution < -0.4 is 11.0 Å². The highest BCUT2D eigenvalue weighted by molar-refractivity contribution is 7.18. The molecule has 0 aliphatic heterocycles. The first-order valence-corrected chi connectivity index (χ1v) is 7.65. The summed E-state index contributed by atoms with van der Waals surface area (Å²) in [5, 5.41) is 3.23. The van der Waals surface area contributed by atoms with Gasteiger partial charge in [0.2, 0.25) is 5.91 Å². The lowest BCUT2D eigenvalue weighted by atomic mass is 10.1. The van der Waals surface area contributed by atoms with Crippen LogP contribution in [0.1, 0.15) is 5.01 Å². The van der Waals surface area contributed by atoms with Crippen molar-refractivity contribution < 1.29 is 9.18 Å². The van der Waals surface area contributed by atoms with Gasteiger partial charge >= 0.3 is 5.69 Å². The van der Waals surface area contributed by atoms with Crippen molar-refractivity contribution in [1.29, 1.82) is 0 Å². The maximum Gasteiger partial charge on any atom is 0.349 e. The van der Waals surface area contributed by atoms with E-state index in [1.165, 1.54) is 35.1 Å². The van der Waals surface area contributed by atoms with Gasteiger partial charge in [0.15, 0.2) is 0 Å². The molecular formula is C15H13FN4O2S. The van der Waals surface area contributed by atoms with Crippen LogP contribution in [0.3, 0.4) is 0 Å². The van der Waals surface area contributed by atoms with Crippen LogP contribution >= 0.6 is 11.3 Å². The van der Waals surface area contributed by atoms with Crippen molar-refractivity contribution in [2.75, 3.05) is 7.05 Å². The number of amides is 1. The van der Waals surface area contributed by atoms with Crippen molar-refractivity contribution in [3.05, 3.63) is 45.6 Å². The standard InChI is InChI=1S/C15H13FN4O2S/c1-8-18-13-12(9-3-5-10(16)6-4-9)19-15(22)20(14(13)23-8)7-11(21)17-2/h3-6H,7H2,1-2H3,(H,17,21). The van der Waals surface area contributed by atoms with Crippen molar-refractivity contribution in [3.8, 4) is 11.3 Å². The number of hydrogen-bond acceptors (Lipinski definition) is 5. The number of benzene rings is 1. The predicted octanol–water partition coefficient (Wildman–Crippen LogP) is 1.71. The summed E-state index contributed by atoms with van der Waals surface area (Å²) in [5.41, 5.74) is 0.986. The molecule has 0 bridgehead atoms. The van der Waals surface area contributed by atoms with E-state index in [0.717, 1.165) is 5.01 Å². The molecule has 1 N–H and O–H groups in total. The van der Waals surface area contributed by atoms with Gasteiger partial charge in [-0.3, -0.25) is 9.36 Å². The fourth-order valence-corrected chi connectivity index (χ4v) is 3.13. The summed E-state index contributed by atoms with van der Waals surface area (Å²) in [4.78, 5) is 33.0. The lowest BCUT2D eigenvalue weighted by Gasteiger charge is -2.08. The molecule has 0 fully saturated rings. The number of halogens is 1. The molecule has 0 aliphatic rings. The van der Waals surface area contributed by atoms with E-state index in [0.29, 0.717) is 21.6 Å². The normalized spacial score (nSPS) is 10.9. The minimum Gasteiger partial charge on any atom is -0.358 e. The SMILES string of the molecule is CNC(=O)Cn1c(=O)nc(-c2ccc(F)cc2)c2nc(C)sc21. The van der Waals surface area contributed by atoms with Gasteiger partial charge in [0.25, 0.3) is 0 Å². The van der Waals surface area contributed by atoms with Crippen LogP contribution in [-0.4, -0.2) is 27.5 Å².